The summed E-state index contributed by atoms with van der Waals surface area (Å²) in [5.74, 6) is 1.35. The fraction of sp³-hybridized carbons (Fsp3) is 0.238. The number of nitrogens with zero attached hydrogens (tertiary/aromatic N) is 3. The third kappa shape index (κ3) is 6.66. The summed E-state index contributed by atoms with van der Waals surface area (Å²) in [6.07, 6.45) is 2.52. The maximum absolute atomic E-state index is 13.1. The van der Waals surface area contributed by atoms with Crippen molar-refractivity contribution >= 4 is 35.0 Å². The van der Waals surface area contributed by atoms with E-state index in [1.54, 1.807) is 24.4 Å². The number of nitrogens with one attached hydrogen (secondary N) is 3. The van der Waals surface area contributed by atoms with Crippen LogP contribution in [-0.2, 0) is 11.2 Å². The number of aromatic nitrogens is 3. The molecule has 0 aliphatic rings. The molecule has 0 saturated carbocycles. The van der Waals surface area contributed by atoms with Gasteiger partial charge in [-0.3, -0.25) is 4.79 Å². The van der Waals surface area contributed by atoms with Crippen LogP contribution in [0.5, 0.6) is 0 Å². The number of rotatable bonds is 9. The van der Waals surface area contributed by atoms with E-state index in [4.69, 9.17) is 11.6 Å². The van der Waals surface area contributed by atoms with E-state index in [9.17, 15) is 9.18 Å². The van der Waals surface area contributed by atoms with E-state index in [2.05, 4.69) is 31.1 Å². The van der Waals surface area contributed by atoms with Gasteiger partial charge < -0.3 is 16.0 Å². The first kappa shape index (κ1) is 21.4. The molecule has 0 saturated heterocycles. The highest BCUT2D eigenvalue weighted by atomic mass is 35.5. The molecule has 0 aliphatic heterocycles. The molecule has 3 N–H and O–H groups in total. The van der Waals surface area contributed by atoms with Crippen LogP contribution in [0.4, 0.5) is 21.8 Å². The van der Waals surface area contributed by atoms with Crippen LogP contribution in [0.1, 0.15) is 17.5 Å². The molecule has 0 atom stereocenters. The zero-order chi connectivity index (χ0) is 21.3. The lowest BCUT2D eigenvalue weighted by molar-refractivity contribution is -0.120. The summed E-state index contributed by atoms with van der Waals surface area (Å²) in [7, 11) is 0. The van der Waals surface area contributed by atoms with Crippen LogP contribution in [-0.4, -0.2) is 34.2 Å². The number of pyridine rings is 1. The van der Waals surface area contributed by atoms with Gasteiger partial charge in [-0.15, -0.1) is 10.2 Å². The Morgan fingerprint density at radius 2 is 1.83 bits per heavy atom. The summed E-state index contributed by atoms with van der Waals surface area (Å²) in [6.45, 7) is 2.94. The second-order valence-corrected chi connectivity index (χ2v) is 7.08. The largest absolute Gasteiger partial charge is 0.367 e. The molecule has 0 fully saturated rings. The van der Waals surface area contributed by atoms with Crippen LogP contribution in [0.3, 0.4) is 0 Å². The summed E-state index contributed by atoms with van der Waals surface area (Å²) in [5.41, 5.74) is 1.92. The summed E-state index contributed by atoms with van der Waals surface area (Å²) >= 11 is 5.74. The average Bonchev–Trinajstić information content (AvgIpc) is 2.73. The molecule has 1 aromatic carbocycles. The molecule has 1 amide bonds. The molecular weight excluding hydrogens is 407 g/mol. The molecule has 156 valence electrons. The number of benzene rings is 1. The number of hydrogen-bond acceptors (Lipinski definition) is 6. The molecule has 7 nitrogen and oxygen atoms in total. The minimum Gasteiger partial charge on any atom is -0.367 e. The first-order chi connectivity index (χ1) is 14.5. The molecule has 2 aromatic heterocycles. The van der Waals surface area contributed by atoms with Crippen LogP contribution in [0.2, 0.25) is 5.02 Å². The van der Waals surface area contributed by atoms with Crippen molar-refractivity contribution < 1.29 is 9.18 Å². The highest BCUT2D eigenvalue weighted by molar-refractivity contribution is 6.30. The number of halogens is 2. The third-order valence-electron chi connectivity index (χ3n) is 4.21. The quantitative estimate of drug-likeness (QED) is 0.448. The van der Waals surface area contributed by atoms with Crippen molar-refractivity contribution in [3.8, 4) is 0 Å². The highest BCUT2D eigenvalue weighted by Gasteiger charge is 2.05. The number of amides is 1. The van der Waals surface area contributed by atoms with E-state index < -0.39 is 5.82 Å². The van der Waals surface area contributed by atoms with Crippen LogP contribution < -0.4 is 16.0 Å². The molecule has 3 rings (SSSR count). The van der Waals surface area contributed by atoms with Gasteiger partial charge in [0.2, 0.25) is 5.91 Å². The van der Waals surface area contributed by atoms with Crippen LogP contribution >= 0.6 is 11.6 Å². The Morgan fingerprint density at radius 3 is 2.57 bits per heavy atom. The van der Waals surface area contributed by atoms with Crippen molar-refractivity contribution in [2.24, 2.45) is 0 Å². The van der Waals surface area contributed by atoms with Gasteiger partial charge in [0.05, 0.1) is 5.02 Å². The summed E-state index contributed by atoms with van der Waals surface area (Å²) in [5, 5.41) is 17.3. The molecule has 0 radical (unpaired) electrons. The molecular formula is C21H22ClFN6O. The predicted molar refractivity (Wildman–Crippen MR) is 116 cm³/mol. The predicted octanol–water partition coefficient (Wildman–Crippen LogP) is 3.88. The Bertz CT molecular complexity index is 999. The Kier molecular flexibility index (Phi) is 7.51. The minimum absolute atomic E-state index is 0.0644. The summed E-state index contributed by atoms with van der Waals surface area (Å²) < 4.78 is 13.1. The molecule has 0 unspecified atom stereocenters. The Balaban J connectivity index is 1.35. The van der Waals surface area contributed by atoms with Crippen molar-refractivity contribution in [3.05, 3.63) is 70.6 Å². The normalized spacial score (nSPS) is 10.5. The van der Waals surface area contributed by atoms with Gasteiger partial charge in [0.25, 0.3) is 0 Å². The number of hydrogen-bond donors (Lipinski definition) is 3. The maximum Gasteiger partial charge on any atom is 0.220 e. The number of carbonyl (C=O) groups is 1. The molecule has 2 heterocycles. The second kappa shape index (κ2) is 10.5. The monoisotopic (exact) mass is 428 g/mol. The first-order valence-corrected chi connectivity index (χ1v) is 9.85. The van der Waals surface area contributed by atoms with Gasteiger partial charge in [-0.2, -0.15) is 0 Å². The van der Waals surface area contributed by atoms with E-state index in [0.29, 0.717) is 43.4 Å². The van der Waals surface area contributed by atoms with Gasteiger partial charge in [-0.05, 0) is 60.9 Å². The van der Waals surface area contributed by atoms with Crippen molar-refractivity contribution in [1.29, 1.82) is 0 Å². The molecule has 0 bridgehead atoms. The van der Waals surface area contributed by atoms with Gasteiger partial charge in [0.1, 0.15) is 17.5 Å². The molecule has 30 heavy (non-hydrogen) atoms. The van der Waals surface area contributed by atoms with E-state index in [1.165, 1.54) is 12.1 Å². The Morgan fingerprint density at radius 1 is 1.03 bits per heavy atom. The molecule has 0 spiro atoms. The molecule has 3 aromatic rings. The lowest BCUT2D eigenvalue weighted by Gasteiger charge is -2.08. The minimum atomic E-state index is -0.463. The third-order valence-corrected chi connectivity index (χ3v) is 4.50. The van der Waals surface area contributed by atoms with Crippen molar-refractivity contribution in [2.75, 3.05) is 23.7 Å². The fourth-order valence-electron chi connectivity index (χ4n) is 2.66. The SMILES string of the molecule is Cc1ccnc(Nc2ccc(NCCNC(=O)CCc3ccc(F)c(Cl)c3)nn2)c1. The smallest absolute Gasteiger partial charge is 0.220 e. The van der Waals surface area contributed by atoms with Gasteiger partial charge in [0.15, 0.2) is 5.82 Å². The molecule has 0 aliphatic carbocycles. The van der Waals surface area contributed by atoms with Crippen molar-refractivity contribution in [2.45, 2.75) is 19.8 Å². The standard InChI is InChI=1S/C21H22ClFN6O/c1-14-8-9-24-20(12-14)27-19-6-5-18(28-29-19)25-10-11-26-21(30)7-3-15-2-4-17(23)16(22)13-15/h2,4-6,8-9,12-13H,3,7,10-11H2,1H3,(H,25,28)(H,26,30)(H,24,27,29). The van der Waals surface area contributed by atoms with E-state index in [0.717, 1.165) is 11.1 Å². The Hall–Kier alpha value is -3.26. The van der Waals surface area contributed by atoms with Gasteiger partial charge in [-0.1, -0.05) is 17.7 Å². The number of aryl methyl sites for hydroxylation is 2. The Labute approximate surface area is 179 Å². The zero-order valence-electron chi connectivity index (χ0n) is 16.5. The van der Waals surface area contributed by atoms with Crippen molar-refractivity contribution in [3.63, 3.8) is 0 Å². The van der Waals surface area contributed by atoms with E-state index >= 15 is 0 Å². The van der Waals surface area contributed by atoms with Crippen LogP contribution in [0, 0.1) is 12.7 Å². The number of carbonyl (C=O) groups excluding carboxylic acids is 1. The van der Waals surface area contributed by atoms with E-state index in [1.807, 2.05) is 19.1 Å². The van der Waals surface area contributed by atoms with Gasteiger partial charge >= 0.3 is 0 Å². The average molecular weight is 429 g/mol. The molecule has 9 heteroatoms. The van der Waals surface area contributed by atoms with Gasteiger partial charge in [-0.25, -0.2) is 9.37 Å². The summed E-state index contributed by atoms with van der Waals surface area (Å²) in [4.78, 5) is 16.2. The maximum atomic E-state index is 13.1. The van der Waals surface area contributed by atoms with Gasteiger partial charge in [0, 0.05) is 25.7 Å². The first-order valence-electron chi connectivity index (χ1n) is 9.47. The lowest BCUT2D eigenvalue weighted by Crippen LogP contribution is -2.29. The second-order valence-electron chi connectivity index (χ2n) is 6.67. The number of anilines is 3. The van der Waals surface area contributed by atoms with E-state index in [-0.39, 0.29) is 10.9 Å². The van der Waals surface area contributed by atoms with Crippen molar-refractivity contribution in [1.82, 2.24) is 20.5 Å². The van der Waals surface area contributed by atoms with Crippen LogP contribution in [0.25, 0.3) is 0 Å². The zero-order valence-corrected chi connectivity index (χ0v) is 17.2. The topological polar surface area (TPSA) is 91.8 Å². The summed E-state index contributed by atoms with van der Waals surface area (Å²) in [6, 6.07) is 11.9. The highest BCUT2D eigenvalue weighted by Crippen LogP contribution is 2.17. The lowest BCUT2D eigenvalue weighted by atomic mass is 10.1. The van der Waals surface area contributed by atoms with Crippen LogP contribution in [0.15, 0.2) is 48.7 Å². The fourth-order valence-corrected chi connectivity index (χ4v) is 2.87.